The number of amides is 1. The van der Waals surface area contributed by atoms with Gasteiger partial charge in [-0.15, -0.1) is 0 Å². The van der Waals surface area contributed by atoms with Gasteiger partial charge in [0.2, 0.25) is 3.79 Å². The van der Waals surface area contributed by atoms with Crippen LogP contribution in [0.2, 0.25) is 0 Å². The van der Waals surface area contributed by atoms with E-state index < -0.39 is 16.1 Å². The molecule has 6 nitrogen and oxygen atoms in total. The quantitative estimate of drug-likeness (QED) is 0.242. The third kappa shape index (κ3) is 8.06. The number of thiocarbonyl (C=S) groups is 1. The van der Waals surface area contributed by atoms with Crippen LogP contribution in [0.15, 0.2) is 54.6 Å². The van der Waals surface area contributed by atoms with E-state index in [-0.39, 0.29) is 17.5 Å². The molecule has 0 fully saturated rings. The third-order valence-corrected chi connectivity index (χ3v) is 4.50. The number of ether oxygens (including phenoxy) is 1. The van der Waals surface area contributed by atoms with E-state index in [1.54, 1.807) is 24.3 Å². The van der Waals surface area contributed by atoms with Gasteiger partial charge < -0.3 is 15.4 Å². The lowest BCUT2D eigenvalue weighted by Crippen LogP contribution is -2.56. The highest BCUT2D eigenvalue weighted by atomic mass is 35.6. The third-order valence-electron chi connectivity index (χ3n) is 3.63. The highest BCUT2D eigenvalue weighted by Crippen LogP contribution is 2.29. The fourth-order valence-corrected chi connectivity index (χ4v) is 2.73. The molecule has 0 aliphatic rings. The maximum Gasteiger partial charge on any atom is 0.409 e. The Hall–Kier alpha value is -2.06. The molecule has 0 heterocycles. The SMILES string of the molecule is CC(=O)c1ccc(NC(=S)N[C@@H](NC(=O)OCc2ccccc2)C(Cl)(Cl)Cl)cc1. The molecule has 0 unspecified atom stereocenters. The highest BCUT2D eigenvalue weighted by molar-refractivity contribution is 7.80. The molecule has 0 aliphatic carbocycles. The summed E-state index contributed by atoms with van der Waals surface area (Å²) in [4.78, 5) is 23.4. The fraction of sp³-hybridized carbons (Fsp3) is 0.211. The van der Waals surface area contributed by atoms with Gasteiger partial charge in [0.1, 0.15) is 6.61 Å². The van der Waals surface area contributed by atoms with Crippen LogP contribution in [0.4, 0.5) is 10.5 Å². The normalized spacial score (nSPS) is 11.9. The van der Waals surface area contributed by atoms with Crippen molar-refractivity contribution in [3.05, 3.63) is 65.7 Å². The summed E-state index contributed by atoms with van der Waals surface area (Å²) in [5.74, 6) is -0.0493. The number of nitrogens with one attached hydrogen (secondary N) is 3. The Morgan fingerprint density at radius 3 is 2.21 bits per heavy atom. The van der Waals surface area contributed by atoms with Gasteiger partial charge in [-0.05, 0) is 49.0 Å². The molecular formula is C19H18Cl3N3O3S. The fourth-order valence-electron chi connectivity index (χ4n) is 2.17. The minimum Gasteiger partial charge on any atom is -0.445 e. The number of hydrogen-bond donors (Lipinski definition) is 3. The summed E-state index contributed by atoms with van der Waals surface area (Å²) in [5.41, 5.74) is 1.99. The van der Waals surface area contributed by atoms with Crippen LogP contribution in [0.25, 0.3) is 0 Å². The van der Waals surface area contributed by atoms with E-state index in [2.05, 4.69) is 16.0 Å². The number of rotatable bonds is 6. The average molecular weight is 475 g/mol. The molecule has 154 valence electrons. The summed E-state index contributed by atoms with van der Waals surface area (Å²) in [6.45, 7) is 1.53. The van der Waals surface area contributed by atoms with Crippen molar-refractivity contribution in [3.8, 4) is 0 Å². The molecule has 10 heteroatoms. The van der Waals surface area contributed by atoms with E-state index in [4.69, 9.17) is 51.8 Å². The maximum atomic E-state index is 12.1. The minimum absolute atomic E-state index is 0.0493. The van der Waals surface area contributed by atoms with Crippen molar-refractivity contribution < 1.29 is 14.3 Å². The molecule has 1 amide bonds. The number of alkyl carbamates (subject to hydrolysis) is 1. The summed E-state index contributed by atoms with van der Waals surface area (Å²) >= 11 is 23.0. The zero-order valence-corrected chi connectivity index (χ0v) is 18.3. The molecule has 29 heavy (non-hydrogen) atoms. The summed E-state index contributed by atoms with van der Waals surface area (Å²) in [6, 6.07) is 15.8. The Balaban J connectivity index is 1.92. The number of halogens is 3. The zero-order chi connectivity index (χ0) is 21.4. The van der Waals surface area contributed by atoms with Crippen LogP contribution in [0.5, 0.6) is 0 Å². The lowest BCUT2D eigenvalue weighted by atomic mass is 10.1. The van der Waals surface area contributed by atoms with Crippen LogP contribution in [0, 0.1) is 0 Å². The number of hydrogen-bond acceptors (Lipinski definition) is 4. The topological polar surface area (TPSA) is 79.5 Å². The van der Waals surface area contributed by atoms with Gasteiger partial charge in [-0.2, -0.15) is 0 Å². The van der Waals surface area contributed by atoms with Crippen molar-refractivity contribution in [2.45, 2.75) is 23.5 Å². The molecule has 0 bridgehead atoms. The van der Waals surface area contributed by atoms with E-state index in [9.17, 15) is 9.59 Å². The monoisotopic (exact) mass is 473 g/mol. The van der Waals surface area contributed by atoms with Gasteiger partial charge in [0.15, 0.2) is 17.1 Å². The van der Waals surface area contributed by atoms with E-state index in [1.807, 2.05) is 30.3 Å². The van der Waals surface area contributed by atoms with Crippen LogP contribution in [-0.2, 0) is 11.3 Å². The molecule has 2 rings (SSSR count). The van der Waals surface area contributed by atoms with Gasteiger partial charge in [-0.25, -0.2) is 4.79 Å². The van der Waals surface area contributed by atoms with Crippen LogP contribution in [0.1, 0.15) is 22.8 Å². The van der Waals surface area contributed by atoms with Crippen LogP contribution in [0.3, 0.4) is 0 Å². The number of carbonyl (C=O) groups excluding carboxylic acids is 2. The van der Waals surface area contributed by atoms with Crippen molar-refractivity contribution in [1.29, 1.82) is 0 Å². The first kappa shape index (κ1) is 23.2. The molecule has 0 aliphatic heterocycles. The van der Waals surface area contributed by atoms with Crippen molar-refractivity contribution in [2.24, 2.45) is 0 Å². The second-order valence-electron chi connectivity index (χ2n) is 5.91. The Labute approximate surface area is 188 Å². The van der Waals surface area contributed by atoms with Crippen LogP contribution >= 0.6 is 47.0 Å². The number of ketones is 1. The second kappa shape index (κ2) is 10.6. The molecule has 0 radical (unpaired) electrons. The average Bonchev–Trinajstić information content (AvgIpc) is 2.66. The zero-order valence-electron chi connectivity index (χ0n) is 15.2. The number of benzene rings is 2. The van der Waals surface area contributed by atoms with Gasteiger partial charge in [0.25, 0.3) is 0 Å². The lowest BCUT2D eigenvalue weighted by molar-refractivity contribution is 0.101. The van der Waals surface area contributed by atoms with Crippen molar-refractivity contribution in [3.63, 3.8) is 0 Å². The Kier molecular flexibility index (Phi) is 8.52. The summed E-state index contributed by atoms with van der Waals surface area (Å²) < 4.78 is 3.22. The van der Waals surface area contributed by atoms with E-state index >= 15 is 0 Å². The van der Waals surface area contributed by atoms with Crippen LogP contribution in [-0.4, -0.2) is 26.9 Å². The maximum absolute atomic E-state index is 12.1. The van der Waals surface area contributed by atoms with E-state index in [1.165, 1.54) is 6.92 Å². The first-order valence-electron chi connectivity index (χ1n) is 8.37. The number of Topliss-reactive ketones (excluding diaryl/α,β-unsaturated/α-hetero) is 1. The van der Waals surface area contributed by atoms with Crippen molar-refractivity contribution in [1.82, 2.24) is 10.6 Å². The van der Waals surface area contributed by atoms with Gasteiger partial charge >= 0.3 is 6.09 Å². The Morgan fingerprint density at radius 1 is 1.03 bits per heavy atom. The smallest absolute Gasteiger partial charge is 0.409 e. The predicted octanol–water partition coefficient (Wildman–Crippen LogP) is 4.80. The number of carbonyl (C=O) groups is 2. The Morgan fingerprint density at radius 2 is 1.66 bits per heavy atom. The largest absolute Gasteiger partial charge is 0.445 e. The molecular weight excluding hydrogens is 457 g/mol. The molecule has 0 spiro atoms. The first-order valence-corrected chi connectivity index (χ1v) is 9.92. The molecule has 0 saturated carbocycles. The van der Waals surface area contributed by atoms with E-state index in [0.29, 0.717) is 11.3 Å². The minimum atomic E-state index is -1.91. The molecule has 0 aromatic heterocycles. The number of anilines is 1. The summed E-state index contributed by atoms with van der Waals surface area (Å²) in [7, 11) is 0. The van der Waals surface area contributed by atoms with Crippen molar-refractivity contribution >= 4 is 69.7 Å². The summed E-state index contributed by atoms with van der Waals surface area (Å²) in [5, 5.41) is 8.13. The predicted molar refractivity (Wildman–Crippen MR) is 120 cm³/mol. The molecule has 3 N–H and O–H groups in total. The van der Waals surface area contributed by atoms with Crippen LogP contribution < -0.4 is 16.0 Å². The summed E-state index contributed by atoms with van der Waals surface area (Å²) in [6.07, 6.45) is -1.95. The van der Waals surface area contributed by atoms with Crippen molar-refractivity contribution in [2.75, 3.05) is 5.32 Å². The molecule has 1 atom stereocenters. The highest BCUT2D eigenvalue weighted by Gasteiger charge is 2.35. The van der Waals surface area contributed by atoms with Gasteiger partial charge in [0, 0.05) is 11.3 Å². The van der Waals surface area contributed by atoms with Gasteiger partial charge in [-0.1, -0.05) is 65.1 Å². The van der Waals surface area contributed by atoms with E-state index in [0.717, 1.165) is 5.56 Å². The second-order valence-corrected chi connectivity index (χ2v) is 8.69. The van der Waals surface area contributed by atoms with Gasteiger partial charge in [-0.3, -0.25) is 10.1 Å². The lowest BCUT2D eigenvalue weighted by Gasteiger charge is -2.27. The first-order chi connectivity index (χ1) is 13.6. The number of alkyl halides is 3. The molecule has 2 aromatic rings. The molecule has 2 aromatic carbocycles. The standard InChI is InChI=1S/C19H18Cl3N3O3S/c1-12(26)14-7-9-15(10-8-14)23-17(29)24-16(19(20,21)22)25-18(27)28-11-13-5-3-2-4-6-13/h2-10,16H,11H2,1H3,(H,25,27)(H2,23,24,29)/t16-/m0/s1. The molecule has 0 saturated heterocycles. The Bertz CT molecular complexity index is 858. The van der Waals surface area contributed by atoms with Gasteiger partial charge in [0.05, 0.1) is 0 Å².